The smallest absolute Gasteiger partial charge is 0.251 e. The molecule has 118 valence electrons. The molecular formula is C12H17BrN2O4S2. The number of carbonyl (C=O) groups is 1. The molecule has 0 aliphatic carbocycles. The highest BCUT2D eigenvalue weighted by Crippen LogP contribution is 2.24. The number of halogens is 1. The SMILES string of the molecule is Cc1c(C(=O)NC(C)CS(C)=O)cc(Br)cc1S(N)(=O)=O. The van der Waals surface area contributed by atoms with Crippen LogP contribution >= 0.6 is 15.9 Å². The molecule has 6 nitrogen and oxygen atoms in total. The molecule has 3 N–H and O–H groups in total. The maximum atomic E-state index is 12.2. The fourth-order valence-electron chi connectivity index (χ4n) is 1.88. The van der Waals surface area contributed by atoms with Gasteiger partial charge in [-0.3, -0.25) is 9.00 Å². The molecule has 0 spiro atoms. The van der Waals surface area contributed by atoms with E-state index in [1.807, 2.05) is 0 Å². The number of rotatable bonds is 5. The summed E-state index contributed by atoms with van der Waals surface area (Å²) in [5.41, 5.74) is 0.491. The van der Waals surface area contributed by atoms with Gasteiger partial charge in [-0.15, -0.1) is 0 Å². The summed E-state index contributed by atoms with van der Waals surface area (Å²) in [7, 11) is -4.95. The molecule has 1 rings (SSSR count). The molecule has 0 saturated heterocycles. The van der Waals surface area contributed by atoms with E-state index < -0.39 is 26.7 Å². The Morgan fingerprint density at radius 3 is 2.52 bits per heavy atom. The van der Waals surface area contributed by atoms with Crippen LogP contribution < -0.4 is 10.5 Å². The van der Waals surface area contributed by atoms with Gasteiger partial charge in [-0.1, -0.05) is 15.9 Å². The minimum Gasteiger partial charge on any atom is -0.349 e. The lowest BCUT2D eigenvalue weighted by molar-refractivity contribution is 0.0943. The van der Waals surface area contributed by atoms with Crippen LogP contribution in [-0.2, 0) is 20.8 Å². The van der Waals surface area contributed by atoms with Gasteiger partial charge in [0.05, 0.1) is 4.90 Å². The second-order valence-electron chi connectivity index (χ2n) is 4.74. The number of carbonyl (C=O) groups excluding carboxylic acids is 1. The fourth-order valence-corrected chi connectivity index (χ4v) is 4.11. The van der Waals surface area contributed by atoms with Gasteiger partial charge in [0.1, 0.15) is 0 Å². The first kappa shape index (κ1) is 18.3. The number of amides is 1. The lowest BCUT2D eigenvalue weighted by atomic mass is 10.1. The van der Waals surface area contributed by atoms with Crippen LogP contribution in [0.2, 0.25) is 0 Å². The molecule has 2 unspecified atom stereocenters. The van der Waals surface area contributed by atoms with Gasteiger partial charge in [-0.25, -0.2) is 13.6 Å². The molecular weight excluding hydrogens is 380 g/mol. The number of nitrogens with one attached hydrogen (secondary N) is 1. The largest absolute Gasteiger partial charge is 0.349 e. The van der Waals surface area contributed by atoms with Crippen molar-refractivity contribution in [3.8, 4) is 0 Å². The predicted molar refractivity (Wildman–Crippen MR) is 86.1 cm³/mol. The Hall–Kier alpha value is -0.770. The van der Waals surface area contributed by atoms with Crippen molar-refractivity contribution < 1.29 is 17.4 Å². The summed E-state index contributed by atoms with van der Waals surface area (Å²) >= 11 is 3.17. The Labute approximate surface area is 135 Å². The van der Waals surface area contributed by atoms with E-state index in [0.29, 0.717) is 10.2 Å². The average molecular weight is 397 g/mol. The maximum absolute atomic E-state index is 12.2. The molecule has 9 heteroatoms. The first-order valence-corrected chi connectivity index (χ1v) is 10.0. The molecule has 2 atom stereocenters. The summed E-state index contributed by atoms with van der Waals surface area (Å²) in [4.78, 5) is 12.1. The third kappa shape index (κ3) is 5.17. The topological polar surface area (TPSA) is 106 Å². The predicted octanol–water partition coefficient (Wildman–Crippen LogP) is 0.902. The van der Waals surface area contributed by atoms with E-state index in [0.717, 1.165) is 0 Å². The lowest BCUT2D eigenvalue weighted by Gasteiger charge is -2.15. The zero-order valence-corrected chi connectivity index (χ0v) is 15.1. The van der Waals surface area contributed by atoms with Crippen molar-refractivity contribution in [2.45, 2.75) is 24.8 Å². The number of primary sulfonamides is 1. The summed E-state index contributed by atoms with van der Waals surface area (Å²) < 4.78 is 34.6. The standard InChI is InChI=1S/C12H17BrN2O4S2/c1-7(6-20(3)17)15-12(16)10-4-9(13)5-11(8(10)2)21(14,18)19/h4-5,7H,6H2,1-3H3,(H,15,16)(H2,14,18,19). The van der Waals surface area contributed by atoms with E-state index in [2.05, 4.69) is 21.2 Å². The van der Waals surface area contributed by atoms with Crippen LogP contribution in [0.25, 0.3) is 0 Å². The van der Waals surface area contributed by atoms with Gasteiger partial charge in [-0.05, 0) is 31.5 Å². The minimum atomic E-state index is -3.92. The zero-order valence-electron chi connectivity index (χ0n) is 11.8. The first-order valence-electron chi connectivity index (χ1n) is 5.96. The van der Waals surface area contributed by atoms with Crippen LogP contribution in [0.1, 0.15) is 22.8 Å². The Morgan fingerprint density at radius 1 is 1.48 bits per heavy atom. The number of hydrogen-bond donors (Lipinski definition) is 2. The van der Waals surface area contributed by atoms with Crippen LogP contribution in [0, 0.1) is 6.92 Å². The van der Waals surface area contributed by atoms with Gasteiger partial charge in [0, 0.05) is 38.9 Å². The van der Waals surface area contributed by atoms with Crippen LogP contribution in [0.4, 0.5) is 0 Å². The molecule has 0 radical (unpaired) electrons. The molecule has 0 aromatic heterocycles. The van der Waals surface area contributed by atoms with Crippen molar-refractivity contribution in [3.63, 3.8) is 0 Å². The van der Waals surface area contributed by atoms with Crippen LogP contribution in [0.5, 0.6) is 0 Å². The highest BCUT2D eigenvalue weighted by molar-refractivity contribution is 9.10. The van der Waals surface area contributed by atoms with Gasteiger partial charge < -0.3 is 5.32 Å². The number of hydrogen-bond acceptors (Lipinski definition) is 4. The number of benzene rings is 1. The van der Waals surface area contributed by atoms with E-state index in [-0.39, 0.29) is 22.1 Å². The zero-order chi connectivity index (χ0) is 16.4. The Bertz CT molecular complexity index is 689. The van der Waals surface area contributed by atoms with Crippen molar-refractivity contribution in [1.29, 1.82) is 0 Å². The normalized spacial score (nSPS) is 14.5. The van der Waals surface area contributed by atoms with E-state index >= 15 is 0 Å². The fraction of sp³-hybridized carbons (Fsp3) is 0.417. The van der Waals surface area contributed by atoms with E-state index in [1.54, 1.807) is 13.2 Å². The summed E-state index contributed by atoms with van der Waals surface area (Å²) in [5.74, 6) is -0.113. The Morgan fingerprint density at radius 2 is 2.05 bits per heavy atom. The highest BCUT2D eigenvalue weighted by atomic mass is 79.9. The second-order valence-corrected chi connectivity index (χ2v) is 8.66. The van der Waals surface area contributed by atoms with Crippen LogP contribution in [0.15, 0.2) is 21.5 Å². The van der Waals surface area contributed by atoms with Crippen molar-refractivity contribution >= 4 is 42.7 Å². The van der Waals surface area contributed by atoms with Gasteiger partial charge in [0.2, 0.25) is 10.0 Å². The maximum Gasteiger partial charge on any atom is 0.251 e. The quantitative estimate of drug-likeness (QED) is 0.770. The molecule has 0 aliphatic heterocycles. The molecule has 0 bridgehead atoms. The third-order valence-electron chi connectivity index (χ3n) is 2.74. The molecule has 0 heterocycles. The lowest BCUT2D eigenvalue weighted by Crippen LogP contribution is -2.36. The summed E-state index contributed by atoms with van der Waals surface area (Å²) in [6.07, 6.45) is 1.55. The first-order chi connectivity index (χ1) is 9.52. The van der Waals surface area contributed by atoms with Gasteiger partial charge >= 0.3 is 0 Å². The van der Waals surface area contributed by atoms with Crippen molar-refractivity contribution in [2.24, 2.45) is 5.14 Å². The van der Waals surface area contributed by atoms with Crippen molar-refractivity contribution in [1.82, 2.24) is 5.32 Å². The summed E-state index contributed by atoms with van der Waals surface area (Å²) in [6, 6.07) is 2.58. The highest BCUT2D eigenvalue weighted by Gasteiger charge is 2.20. The third-order valence-corrected chi connectivity index (χ3v) is 5.20. The van der Waals surface area contributed by atoms with Crippen LogP contribution in [-0.4, -0.2) is 36.6 Å². The molecule has 0 saturated carbocycles. The molecule has 21 heavy (non-hydrogen) atoms. The van der Waals surface area contributed by atoms with Crippen molar-refractivity contribution in [3.05, 3.63) is 27.7 Å². The monoisotopic (exact) mass is 396 g/mol. The molecule has 0 aliphatic rings. The van der Waals surface area contributed by atoms with Crippen LogP contribution in [0.3, 0.4) is 0 Å². The second kappa shape index (κ2) is 6.99. The van der Waals surface area contributed by atoms with Crippen molar-refractivity contribution in [2.75, 3.05) is 12.0 Å². The number of sulfonamides is 1. The minimum absolute atomic E-state index is 0.103. The molecule has 1 amide bonds. The van der Waals surface area contributed by atoms with E-state index in [1.165, 1.54) is 19.1 Å². The van der Waals surface area contributed by atoms with Gasteiger partial charge in [0.25, 0.3) is 5.91 Å². The van der Waals surface area contributed by atoms with Gasteiger partial charge in [0.15, 0.2) is 0 Å². The molecule has 1 aromatic carbocycles. The summed E-state index contributed by atoms with van der Waals surface area (Å²) in [5, 5.41) is 7.83. The van der Waals surface area contributed by atoms with Gasteiger partial charge in [-0.2, -0.15) is 0 Å². The molecule has 1 aromatic rings. The molecule has 0 fully saturated rings. The Kier molecular flexibility index (Phi) is 6.09. The van der Waals surface area contributed by atoms with E-state index in [4.69, 9.17) is 5.14 Å². The summed E-state index contributed by atoms with van der Waals surface area (Å²) in [6.45, 7) is 3.25. The number of nitrogens with two attached hydrogens (primary N) is 1. The van der Waals surface area contributed by atoms with E-state index in [9.17, 15) is 17.4 Å². The average Bonchev–Trinajstić information content (AvgIpc) is 2.28. The Balaban J connectivity index is 3.17.